The van der Waals surface area contributed by atoms with Gasteiger partial charge < -0.3 is 4.52 Å². The van der Waals surface area contributed by atoms with Crippen molar-refractivity contribution in [1.29, 1.82) is 0 Å². The highest BCUT2D eigenvalue weighted by molar-refractivity contribution is 9.10. The molecular formula is C15H15BrN2O2. The lowest BCUT2D eigenvalue weighted by Gasteiger charge is -2.16. The first-order valence-electron chi connectivity index (χ1n) is 6.80. The first-order chi connectivity index (χ1) is 9.72. The number of hydrogen-bond donors (Lipinski definition) is 0. The fourth-order valence-electron chi connectivity index (χ4n) is 2.50. The molecule has 1 aliphatic rings. The largest absolute Gasteiger partial charge is 0.339 e. The highest BCUT2D eigenvalue weighted by atomic mass is 79.9. The zero-order chi connectivity index (χ0) is 13.9. The van der Waals surface area contributed by atoms with Crippen molar-refractivity contribution in [3.05, 3.63) is 46.0 Å². The number of benzene rings is 1. The van der Waals surface area contributed by atoms with Gasteiger partial charge in [-0.1, -0.05) is 39.3 Å². The molecule has 1 fully saturated rings. The molecule has 1 saturated carbocycles. The SMILES string of the molecule is O=C1CCC(c2nc(Cc3ccccc3Br)no2)CC1. The summed E-state index contributed by atoms with van der Waals surface area (Å²) < 4.78 is 6.41. The minimum atomic E-state index is 0.244. The maximum absolute atomic E-state index is 11.3. The van der Waals surface area contributed by atoms with Crippen molar-refractivity contribution in [3.63, 3.8) is 0 Å². The Morgan fingerprint density at radius 1 is 1.25 bits per heavy atom. The normalized spacial score (nSPS) is 16.6. The molecule has 0 bridgehead atoms. The van der Waals surface area contributed by atoms with Gasteiger partial charge >= 0.3 is 0 Å². The standard InChI is InChI=1S/C15H15BrN2O2/c16-13-4-2-1-3-11(13)9-14-17-15(20-18-14)10-5-7-12(19)8-6-10/h1-4,10H,5-9H2. The molecule has 1 aromatic carbocycles. The highest BCUT2D eigenvalue weighted by Crippen LogP contribution is 2.30. The summed E-state index contributed by atoms with van der Waals surface area (Å²) in [5.41, 5.74) is 1.14. The third-order valence-corrected chi connectivity index (χ3v) is 4.46. The summed E-state index contributed by atoms with van der Waals surface area (Å²) in [4.78, 5) is 15.7. The number of carbonyl (C=O) groups excluding carboxylic acids is 1. The van der Waals surface area contributed by atoms with Crippen LogP contribution in [0.3, 0.4) is 0 Å². The quantitative estimate of drug-likeness (QED) is 0.859. The van der Waals surface area contributed by atoms with E-state index >= 15 is 0 Å². The average Bonchev–Trinajstić information content (AvgIpc) is 2.91. The van der Waals surface area contributed by atoms with Gasteiger partial charge in [0.1, 0.15) is 5.78 Å². The Labute approximate surface area is 125 Å². The van der Waals surface area contributed by atoms with E-state index in [-0.39, 0.29) is 5.92 Å². The summed E-state index contributed by atoms with van der Waals surface area (Å²) in [6.07, 6.45) is 3.57. The second-order valence-corrected chi connectivity index (χ2v) is 5.98. The van der Waals surface area contributed by atoms with Crippen LogP contribution >= 0.6 is 15.9 Å². The molecule has 0 atom stereocenters. The second-order valence-electron chi connectivity index (χ2n) is 5.13. The molecule has 1 heterocycles. The van der Waals surface area contributed by atoms with Crippen LogP contribution in [0.4, 0.5) is 0 Å². The van der Waals surface area contributed by atoms with Gasteiger partial charge in [-0.3, -0.25) is 4.79 Å². The molecule has 4 nitrogen and oxygen atoms in total. The Hall–Kier alpha value is -1.49. The molecule has 0 unspecified atom stereocenters. The van der Waals surface area contributed by atoms with Crippen molar-refractivity contribution >= 4 is 21.7 Å². The van der Waals surface area contributed by atoms with E-state index in [9.17, 15) is 4.79 Å². The molecule has 3 rings (SSSR count). The molecule has 0 N–H and O–H groups in total. The summed E-state index contributed by atoms with van der Waals surface area (Å²) in [6, 6.07) is 8.02. The maximum Gasteiger partial charge on any atom is 0.229 e. The molecule has 2 aromatic rings. The highest BCUT2D eigenvalue weighted by Gasteiger charge is 2.25. The van der Waals surface area contributed by atoms with Crippen molar-refractivity contribution in [2.45, 2.75) is 38.0 Å². The van der Waals surface area contributed by atoms with Crippen LogP contribution < -0.4 is 0 Å². The van der Waals surface area contributed by atoms with Crippen LogP contribution in [0, 0.1) is 0 Å². The van der Waals surface area contributed by atoms with E-state index in [1.165, 1.54) is 0 Å². The lowest BCUT2D eigenvalue weighted by Crippen LogP contribution is -2.12. The number of Topliss-reactive ketones (excluding diaryl/α,β-unsaturated/α-hetero) is 1. The molecule has 0 amide bonds. The van der Waals surface area contributed by atoms with Gasteiger partial charge in [-0.05, 0) is 24.5 Å². The predicted octanol–water partition coefficient (Wildman–Crippen LogP) is 3.65. The van der Waals surface area contributed by atoms with Gasteiger partial charge in [0.05, 0.1) is 0 Å². The zero-order valence-corrected chi connectivity index (χ0v) is 12.6. The third-order valence-electron chi connectivity index (χ3n) is 3.68. The van der Waals surface area contributed by atoms with Gasteiger partial charge in [0.2, 0.25) is 5.89 Å². The van der Waals surface area contributed by atoms with E-state index in [0.717, 1.165) is 22.9 Å². The van der Waals surface area contributed by atoms with Crippen molar-refractivity contribution in [2.75, 3.05) is 0 Å². The predicted molar refractivity (Wildman–Crippen MR) is 77.5 cm³/mol. The van der Waals surface area contributed by atoms with E-state index in [4.69, 9.17) is 4.52 Å². The van der Waals surface area contributed by atoms with Gasteiger partial charge in [0.15, 0.2) is 5.82 Å². The van der Waals surface area contributed by atoms with Crippen LogP contribution in [-0.4, -0.2) is 15.9 Å². The van der Waals surface area contributed by atoms with E-state index in [1.807, 2.05) is 24.3 Å². The minimum Gasteiger partial charge on any atom is -0.339 e. The van der Waals surface area contributed by atoms with Gasteiger partial charge in [-0.15, -0.1) is 0 Å². The summed E-state index contributed by atoms with van der Waals surface area (Å²) in [6.45, 7) is 0. The van der Waals surface area contributed by atoms with Gasteiger partial charge in [-0.2, -0.15) is 4.98 Å². The van der Waals surface area contributed by atoms with Crippen LogP contribution in [0.15, 0.2) is 33.3 Å². The molecule has 0 aliphatic heterocycles. The fourth-order valence-corrected chi connectivity index (χ4v) is 2.93. The van der Waals surface area contributed by atoms with Crippen LogP contribution in [0.1, 0.15) is 48.9 Å². The second kappa shape index (κ2) is 5.87. The average molecular weight is 335 g/mol. The zero-order valence-electron chi connectivity index (χ0n) is 11.0. The Kier molecular flexibility index (Phi) is 3.96. The molecule has 1 aromatic heterocycles. The van der Waals surface area contributed by atoms with Crippen LogP contribution in [0.25, 0.3) is 0 Å². The molecule has 0 spiro atoms. The molecule has 20 heavy (non-hydrogen) atoms. The summed E-state index contributed by atoms with van der Waals surface area (Å²) in [7, 11) is 0. The Balaban J connectivity index is 1.71. The maximum atomic E-state index is 11.3. The lowest BCUT2D eigenvalue weighted by atomic mass is 9.88. The summed E-state index contributed by atoms with van der Waals surface area (Å²) >= 11 is 3.52. The Bertz CT molecular complexity index is 614. The smallest absolute Gasteiger partial charge is 0.229 e. The Morgan fingerprint density at radius 3 is 2.75 bits per heavy atom. The number of aromatic nitrogens is 2. The number of ketones is 1. The van der Waals surface area contributed by atoms with E-state index in [2.05, 4.69) is 26.1 Å². The van der Waals surface area contributed by atoms with Crippen molar-refractivity contribution in [3.8, 4) is 0 Å². The monoisotopic (exact) mass is 334 g/mol. The molecule has 0 saturated heterocycles. The van der Waals surface area contributed by atoms with Gasteiger partial charge in [0, 0.05) is 29.7 Å². The van der Waals surface area contributed by atoms with Crippen LogP contribution in [0.5, 0.6) is 0 Å². The van der Waals surface area contributed by atoms with Crippen molar-refractivity contribution in [1.82, 2.24) is 10.1 Å². The molecule has 5 heteroatoms. The molecule has 1 aliphatic carbocycles. The fraction of sp³-hybridized carbons (Fsp3) is 0.400. The summed E-state index contributed by atoms with van der Waals surface area (Å²) in [5.74, 6) is 1.96. The summed E-state index contributed by atoms with van der Waals surface area (Å²) in [5, 5.41) is 4.05. The van der Waals surface area contributed by atoms with E-state index < -0.39 is 0 Å². The Morgan fingerprint density at radius 2 is 2.00 bits per heavy atom. The lowest BCUT2D eigenvalue weighted by molar-refractivity contribution is -0.120. The number of rotatable bonds is 3. The first kappa shape index (κ1) is 13.5. The van der Waals surface area contributed by atoms with Crippen LogP contribution in [0.2, 0.25) is 0 Å². The molecular weight excluding hydrogens is 320 g/mol. The molecule has 0 radical (unpaired) electrons. The van der Waals surface area contributed by atoms with Gasteiger partial charge in [-0.25, -0.2) is 0 Å². The van der Waals surface area contributed by atoms with Gasteiger partial charge in [0.25, 0.3) is 0 Å². The number of nitrogens with zero attached hydrogens (tertiary/aromatic N) is 2. The van der Waals surface area contributed by atoms with Crippen molar-refractivity contribution < 1.29 is 9.32 Å². The molecule has 104 valence electrons. The third kappa shape index (κ3) is 2.98. The van der Waals surface area contributed by atoms with Crippen molar-refractivity contribution in [2.24, 2.45) is 0 Å². The number of hydrogen-bond acceptors (Lipinski definition) is 4. The van der Waals surface area contributed by atoms with E-state index in [1.54, 1.807) is 0 Å². The number of halogens is 1. The van der Waals surface area contributed by atoms with E-state index in [0.29, 0.717) is 36.8 Å². The number of carbonyl (C=O) groups is 1. The first-order valence-corrected chi connectivity index (χ1v) is 7.59. The minimum absolute atomic E-state index is 0.244. The van der Waals surface area contributed by atoms with Crippen LogP contribution in [-0.2, 0) is 11.2 Å². The topological polar surface area (TPSA) is 56.0 Å².